The van der Waals surface area contributed by atoms with Gasteiger partial charge >= 0.3 is 0 Å². The Hall–Kier alpha value is -2.04. The Morgan fingerprint density at radius 2 is 2.05 bits per heavy atom. The van der Waals surface area contributed by atoms with Crippen LogP contribution >= 0.6 is 11.6 Å². The molecule has 3 nitrogen and oxygen atoms in total. The molecule has 0 bridgehead atoms. The number of nitrogens with zero attached hydrogens (tertiary/aromatic N) is 2. The van der Waals surface area contributed by atoms with Crippen LogP contribution in [-0.4, -0.2) is 9.97 Å². The van der Waals surface area contributed by atoms with E-state index < -0.39 is 0 Å². The summed E-state index contributed by atoms with van der Waals surface area (Å²) in [7, 11) is 0. The van der Waals surface area contributed by atoms with E-state index >= 15 is 0 Å². The normalized spacial score (nSPS) is 12.6. The van der Waals surface area contributed by atoms with Crippen molar-refractivity contribution in [2.45, 2.75) is 13.0 Å². The van der Waals surface area contributed by atoms with Gasteiger partial charge in [0.2, 0.25) is 0 Å². The van der Waals surface area contributed by atoms with Gasteiger partial charge in [0.25, 0.3) is 0 Å². The average Bonchev–Trinajstić information content (AvgIpc) is 2.48. The summed E-state index contributed by atoms with van der Waals surface area (Å²) in [6.45, 7) is 1.83. The zero-order chi connectivity index (χ0) is 15.0. The van der Waals surface area contributed by atoms with Gasteiger partial charge in [-0.15, -0.1) is 0 Å². The van der Waals surface area contributed by atoms with Gasteiger partial charge in [0.05, 0.1) is 21.9 Å². The molecular formula is C16H13ClFN3. The monoisotopic (exact) mass is 301 g/mol. The molecule has 0 saturated carbocycles. The summed E-state index contributed by atoms with van der Waals surface area (Å²) in [4.78, 5) is 8.85. The van der Waals surface area contributed by atoms with Crippen LogP contribution in [0.25, 0.3) is 22.2 Å². The third kappa shape index (κ3) is 2.48. The van der Waals surface area contributed by atoms with Crippen molar-refractivity contribution in [3.05, 3.63) is 59.1 Å². The number of hydrogen-bond acceptors (Lipinski definition) is 3. The van der Waals surface area contributed by atoms with Crippen LogP contribution in [0.15, 0.2) is 42.6 Å². The van der Waals surface area contributed by atoms with Gasteiger partial charge in [0, 0.05) is 23.2 Å². The molecular weight excluding hydrogens is 289 g/mol. The summed E-state index contributed by atoms with van der Waals surface area (Å²) in [5.41, 5.74) is 8.62. The Labute approximate surface area is 126 Å². The predicted octanol–water partition coefficient (Wildman–Crippen LogP) is 4.11. The van der Waals surface area contributed by atoms with Crippen molar-refractivity contribution in [2.75, 3.05) is 0 Å². The first-order chi connectivity index (χ1) is 10.1. The summed E-state index contributed by atoms with van der Waals surface area (Å²) in [6, 6.07) is 9.54. The zero-order valence-electron chi connectivity index (χ0n) is 11.3. The Morgan fingerprint density at radius 1 is 1.24 bits per heavy atom. The van der Waals surface area contributed by atoms with Crippen molar-refractivity contribution >= 4 is 22.5 Å². The molecule has 0 saturated heterocycles. The smallest absolute Gasteiger partial charge is 0.124 e. The highest BCUT2D eigenvalue weighted by molar-refractivity contribution is 6.38. The van der Waals surface area contributed by atoms with E-state index in [1.807, 2.05) is 25.1 Å². The highest BCUT2D eigenvalue weighted by Gasteiger charge is 2.19. The van der Waals surface area contributed by atoms with Gasteiger partial charge in [-0.1, -0.05) is 17.7 Å². The van der Waals surface area contributed by atoms with Gasteiger partial charge in [-0.25, -0.2) is 4.39 Å². The van der Waals surface area contributed by atoms with Gasteiger partial charge in [-0.05, 0) is 37.3 Å². The number of hydrogen-bond donors (Lipinski definition) is 1. The second-order valence-electron chi connectivity index (χ2n) is 4.85. The van der Waals surface area contributed by atoms with Crippen LogP contribution in [0.5, 0.6) is 0 Å². The molecule has 0 aliphatic carbocycles. The lowest BCUT2D eigenvalue weighted by Crippen LogP contribution is -2.10. The first-order valence-corrected chi connectivity index (χ1v) is 6.91. The summed E-state index contributed by atoms with van der Waals surface area (Å²) >= 11 is 6.50. The quantitative estimate of drug-likeness (QED) is 0.775. The SMILES string of the molecule is CC(N)c1nc2ccc(F)cc2c(Cl)c1-c1ccccn1. The van der Waals surface area contributed by atoms with Gasteiger partial charge in [0.1, 0.15) is 5.82 Å². The summed E-state index contributed by atoms with van der Waals surface area (Å²) in [6.07, 6.45) is 1.67. The maximum atomic E-state index is 13.5. The highest BCUT2D eigenvalue weighted by atomic mass is 35.5. The maximum Gasteiger partial charge on any atom is 0.124 e. The second-order valence-corrected chi connectivity index (χ2v) is 5.23. The van der Waals surface area contributed by atoms with E-state index in [-0.39, 0.29) is 11.9 Å². The minimum atomic E-state index is -0.355. The molecule has 0 spiro atoms. The molecule has 2 heterocycles. The van der Waals surface area contributed by atoms with Crippen molar-refractivity contribution in [1.29, 1.82) is 0 Å². The van der Waals surface area contributed by atoms with Crippen LogP contribution in [0.2, 0.25) is 5.02 Å². The van der Waals surface area contributed by atoms with Gasteiger partial charge < -0.3 is 5.73 Å². The first-order valence-electron chi connectivity index (χ1n) is 6.53. The molecule has 0 fully saturated rings. The first kappa shape index (κ1) is 13.9. The van der Waals surface area contributed by atoms with Crippen molar-refractivity contribution in [3.8, 4) is 11.3 Å². The van der Waals surface area contributed by atoms with E-state index in [0.717, 1.165) is 0 Å². The van der Waals surface area contributed by atoms with E-state index in [1.54, 1.807) is 12.3 Å². The fraction of sp³-hybridized carbons (Fsp3) is 0.125. The molecule has 2 N–H and O–H groups in total. The lowest BCUT2D eigenvalue weighted by molar-refractivity contribution is 0.629. The van der Waals surface area contributed by atoms with E-state index in [0.29, 0.717) is 32.9 Å². The minimum absolute atomic E-state index is 0.311. The van der Waals surface area contributed by atoms with Crippen LogP contribution in [0, 0.1) is 5.82 Å². The van der Waals surface area contributed by atoms with E-state index in [4.69, 9.17) is 17.3 Å². The van der Waals surface area contributed by atoms with E-state index in [2.05, 4.69) is 9.97 Å². The number of pyridine rings is 2. The molecule has 0 amide bonds. The minimum Gasteiger partial charge on any atom is -0.323 e. The largest absolute Gasteiger partial charge is 0.323 e. The van der Waals surface area contributed by atoms with Gasteiger partial charge in [-0.3, -0.25) is 9.97 Å². The van der Waals surface area contributed by atoms with Crippen LogP contribution < -0.4 is 5.73 Å². The van der Waals surface area contributed by atoms with Crippen LogP contribution in [0.3, 0.4) is 0 Å². The van der Waals surface area contributed by atoms with Crippen molar-refractivity contribution in [2.24, 2.45) is 5.73 Å². The van der Waals surface area contributed by atoms with Crippen LogP contribution in [-0.2, 0) is 0 Å². The fourth-order valence-corrected chi connectivity index (χ4v) is 2.64. The molecule has 1 unspecified atom stereocenters. The van der Waals surface area contributed by atoms with Crippen molar-refractivity contribution in [1.82, 2.24) is 9.97 Å². The molecule has 21 heavy (non-hydrogen) atoms. The molecule has 1 aromatic carbocycles. The van der Waals surface area contributed by atoms with E-state index in [1.165, 1.54) is 12.1 Å². The number of aromatic nitrogens is 2. The number of nitrogens with two attached hydrogens (primary N) is 1. The molecule has 1 atom stereocenters. The summed E-state index contributed by atoms with van der Waals surface area (Å²) in [5.74, 6) is -0.355. The molecule has 0 radical (unpaired) electrons. The zero-order valence-corrected chi connectivity index (χ0v) is 12.1. The third-order valence-corrected chi connectivity index (χ3v) is 3.66. The topological polar surface area (TPSA) is 51.8 Å². The maximum absolute atomic E-state index is 13.5. The van der Waals surface area contributed by atoms with E-state index in [9.17, 15) is 4.39 Å². The Balaban J connectivity index is 2.40. The molecule has 2 aromatic heterocycles. The number of halogens is 2. The standard InChI is InChI=1S/C16H13ClFN3/c1-9(19)16-14(13-4-2-3-7-20-13)15(17)11-8-10(18)5-6-12(11)21-16/h2-9H,19H2,1H3. The molecule has 3 rings (SSSR count). The van der Waals surface area contributed by atoms with Crippen molar-refractivity contribution in [3.63, 3.8) is 0 Å². The second kappa shape index (κ2) is 5.39. The molecule has 0 aliphatic rings. The Morgan fingerprint density at radius 3 is 2.71 bits per heavy atom. The summed E-state index contributed by atoms with van der Waals surface area (Å²) in [5, 5.41) is 0.979. The highest BCUT2D eigenvalue weighted by Crippen LogP contribution is 2.37. The molecule has 106 valence electrons. The van der Waals surface area contributed by atoms with Crippen LogP contribution in [0.4, 0.5) is 4.39 Å². The van der Waals surface area contributed by atoms with Gasteiger partial charge in [0.15, 0.2) is 0 Å². The molecule has 3 aromatic rings. The molecule has 0 aliphatic heterocycles. The third-order valence-electron chi connectivity index (χ3n) is 3.26. The van der Waals surface area contributed by atoms with Crippen LogP contribution in [0.1, 0.15) is 18.7 Å². The summed E-state index contributed by atoms with van der Waals surface area (Å²) < 4.78 is 13.5. The number of rotatable bonds is 2. The Kier molecular flexibility index (Phi) is 3.57. The molecule has 5 heteroatoms. The average molecular weight is 302 g/mol. The Bertz CT molecular complexity index is 803. The predicted molar refractivity (Wildman–Crippen MR) is 82.5 cm³/mol. The van der Waals surface area contributed by atoms with Crippen molar-refractivity contribution < 1.29 is 4.39 Å². The lowest BCUT2D eigenvalue weighted by Gasteiger charge is -2.15. The number of fused-ring (bicyclic) bond motifs is 1. The van der Waals surface area contributed by atoms with Gasteiger partial charge in [-0.2, -0.15) is 0 Å². The fourth-order valence-electron chi connectivity index (χ4n) is 2.30. The lowest BCUT2D eigenvalue weighted by atomic mass is 10.0. The number of benzene rings is 1.